The lowest BCUT2D eigenvalue weighted by atomic mass is 10.2. The molecule has 0 aromatic heterocycles. The number of nitro groups is 1. The molecule has 1 N–H and O–H groups in total. The maximum Gasteiger partial charge on any atom is 0.339 e. The molecule has 1 amide bonds. The number of rotatable bonds is 6. The lowest BCUT2D eigenvalue weighted by molar-refractivity contribution is -0.384. The van der Waals surface area contributed by atoms with Crippen molar-refractivity contribution < 1.29 is 22.3 Å². The summed E-state index contributed by atoms with van der Waals surface area (Å²) in [5.41, 5.74) is 2.33. The van der Waals surface area contributed by atoms with Gasteiger partial charge in [-0.25, -0.2) is 4.99 Å². The third-order valence-corrected chi connectivity index (χ3v) is 7.14. The van der Waals surface area contributed by atoms with Gasteiger partial charge in [0.25, 0.3) is 11.6 Å². The molecule has 4 rings (SSSR count). The highest BCUT2D eigenvalue weighted by molar-refractivity contribution is 8.18. The number of para-hydroxylation sites is 1. The van der Waals surface area contributed by atoms with E-state index in [0.717, 1.165) is 17.3 Å². The zero-order valence-corrected chi connectivity index (χ0v) is 20.2. The summed E-state index contributed by atoms with van der Waals surface area (Å²) >= 11 is 1.06. The van der Waals surface area contributed by atoms with Crippen LogP contribution in [-0.4, -0.2) is 24.4 Å². The summed E-state index contributed by atoms with van der Waals surface area (Å²) in [6.07, 6.45) is 1.52. The van der Waals surface area contributed by atoms with Gasteiger partial charge in [-0.15, -0.1) is 0 Å². The van der Waals surface area contributed by atoms with Gasteiger partial charge >= 0.3 is 10.1 Å². The molecular weight excluding hydrogens is 490 g/mol. The Hall–Kier alpha value is -3.96. The molecule has 1 aliphatic rings. The number of thioether (sulfide) groups is 1. The molecule has 0 atom stereocenters. The minimum atomic E-state index is -4.07. The molecule has 0 unspecified atom stereocenters. The van der Waals surface area contributed by atoms with Crippen LogP contribution in [0.15, 0.2) is 81.5 Å². The van der Waals surface area contributed by atoms with Crippen LogP contribution in [0.1, 0.15) is 16.7 Å². The van der Waals surface area contributed by atoms with Gasteiger partial charge in [-0.1, -0.05) is 35.9 Å². The van der Waals surface area contributed by atoms with Gasteiger partial charge in [-0.3, -0.25) is 14.9 Å². The van der Waals surface area contributed by atoms with Gasteiger partial charge in [0.1, 0.15) is 10.6 Å². The number of aryl methyl sites for hydroxylation is 2. The Labute approximate surface area is 205 Å². The Morgan fingerprint density at radius 2 is 1.77 bits per heavy atom. The summed E-state index contributed by atoms with van der Waals surface area (Å²) in [5, 5.41) is 13.9. The van der Waals surface area contributed by atoms with Crippen LogP contribution in [0.5, 0.6) is 5.75 Å². The quantitative estimate of drug-likeness (QED) is 0.217. The van der Waals surface area contributed by atoms with Gasteiger partial charge in [0.2, 0.25) is 0 Å². The SMILES string of the molecule is Cc1ccc(S(=O)(=O)Oc2ccccc2/C=C2/SC(=Nc3ccc([N+](=O)[O-])cc3C)NC2=O)cc1. The van der Waals surface area contributed by atoms with Crippen molar-refractivity contribution in [2.75, 3.05) is 0 Å². The average Bonchev–Trinajstić information content (AvgIpc) is 3.15. The van der Waals surface area contributed by atoms with E-state index < -0.39 is 20.9 Å². The molecule has 1 aliphatic heterocycles. The number of non-ortho nitro benzene ring substituents is 1. The summed E-state index contributed by atoms with van der Waals surface area (Å²) in [7, 11) is -4.07. The third kappa shape index (κ3) is 5.58. The molecule has 11 heteroatoms. The molecule has 0 saturated carbocycles. The van der Waals surface area contributed by atoms with E-state index in [-0.39, 0.29) is 21.2 Å². The van der Waals surface area contributed by atoms with E-state index in [4.69, 9.17) is 4.18 Å². The van der Waals surface area contributed by atoms with Crippen LogP contribution in [0.25, 0.3) is 6.08 Å². The molecule has 3 aromatic rings. The summed E-state index contributed by atoms with van der Waals surface area (Å²) in [5.74, 6) is -0.338. The van der Waals surface area contributed by atoms with E-state index >= 15 is 0 Å². The van der Waals surface area contributed by atoms with Crippen LogP contribution in [0.2, 0.25) is 0 Å². The number of aliphatic imine (C=N–C) groups is 1. The Morgan fingerprint density at radius 3 is 2.46 bits per heavy atom. The van der Waals surface area contributed by atoms with Crippen LogP contribution < -0.4 is 9.50 Å². The molecule has 0 bridgehead atoms. The number of carbonyl (C=O) groups is 1. The van der Waals surface area contributed by atoms with E-state index in [1.165, 1.54) is 42.5 Å². The first-order chi connectivity index (χ1) is 16.6. The Bertz CT molecular complexity index is 1500. The molecule has 178 valence electrons. The van der Waals surface area contributed by atoms with E-state index in [0.29, 0.717) is 22.0 Å². The molecular formula is C24H19N3O6S2. The first kappa shape index (κ1) is 24.2. The predicted molar refractivity (Wildman–Crippen MR) is 134 cm³/mol. The predicted octanol–water partition coefficient (Wildman–Crippen LogP) is 4.87. The molecule has 35 heavy (non-hydrogen) atoms. The van der Waals surface area contributed by atoms with Crippen LogP contribution >= 0.6 is 11.8 Å². The highest BCUT2D eigenvalue weighted by Crippen LogP contribution is 2.33. The summed E-state index contributed by atoms with van der Waals surface area (Å²) < 4.78 is 30.8. The number of hydrogen-bond donors (Lipinski definition) is 1. The largest absolute Gasteiger partial charge is 0.378 e. The van der Waals surface area contributed by atoms with Gasteiger partial charge in [0, 0.05) is 17.7 Å². The number of carbonyl (C=O) groups excluding carboxylic acids is 1. The second kappa shape index (κ2) is 9.72. The molecule has 1 fully saturated rings. The summed E-state index contributed by atoms with van der Waals surface area (Å²) in [4.78, 5) is 27.7. The average molecular weight is 510 g/mol. The van der Waals surface area contributed by atoms with Crippen LogP contribution in [0.3, 0.4) is 0 Å². The second-order valence-electron chi connectivity index (χ2n) is 7.60. The second-order valence-corrected chi connectivity index (χ2v) is 10.2. The minimum absolute atomic E-state index is 0.0198. The first-order valence-corrected chi connectivity index (χ1v) is 12.5. The van der Waals surface area contributed by atoms with Crippen molar-refractivity contribution in [1.82, 2.24) is 5.32 Å². The normalized spacial score (nSPS) is 15.9. The first-order valence-electron chi connectivity index (χ1n) is 10.3. The molecule has 3 aromatic carbocycles. The highest BCUT2D eigenvalue weighted by atomic mass is 32.2. The van der Waals surface area contributed by atoms with Crippen molar-refractivity contribution in [2.24, 2.45) is 4.99 Å². The Morgan fingerprint density at radius 1 is 1.06 bits per heavy atom. The highest BCUT2D eigenvalue weighted by Gasteiger charge is 2.25. The molecule has 9 nitrogen and oxygen atoms in total. The number of nitro benzene ring substituents is 1. The van der Waals surface area contributed by atoms with Crippen molar-refractivity contribution in [1.29, 1.82) is 0 Å². The number of amides is 1. The smallest absolute Gasteiger partial charge is 0.339 e. The van der Waals surface area contributed by atoms with Crippen molar-refractivity contribution in [3.05, 3.63) is 98.4 Å². The molecule has 0 spiro atoms. The third-order valence-electron chi connectivity index (χ3n) is 4.98. The van der Waals surface area contributed by atoms with Gasteiger partial charge in [-0.05, 0) is 61.5 Å². The van der Waals surface area contributed by atoms with Gasteiger partial charge in [-0.2, -0.15) is 8.42 Å². The number of hydrogen-bond acceptors (Lipinski definition) is 8. The van der Waals surface area contributed by atoms with E-state index in [9.17, 15) is 23.3 Å². The Kier molecular flexibility index (Phi) is 6.72. The molecule has 1 heterocycles. The lowest BCUT2D eigenvalue weighted by Gasteiger charge is -2.10. The number of benzene rings is 3. The molecule has 1 saturated heterocycles. The van der Waals surface area contributed by atoms with Crippen molar-refractivity contribution >= 4 is 50.4 Å². The van der Waals surface area contributed by atoms with Crippen LogP contribution in [-0.2, 0) is 14.9 Å². The molecule has 0 aliphatic carbocycles. The van der Waals surface area contributed by atoms with Gasteiger partial charge in [0.15, 0.2) is 5.17 Å². The topological polar surface area (TPSA) is 128 Å². The van der Waals surface area contributed by atoms with E-state index in [2.05, 4.69) is 10.3 Å². The maximum absolute atomic E-state index is 12.7. The standard InChI is InChI=1S/C24H19N3O6S2/c1-15-7-10-19(11-8-15)35(31,32)33-21-6-4-3-5-17(21)14-22-23(28)26-24(34-22)25-20-12-9-18(27(29)30)13-16(20)2/h3-14H,1-2H3,(H,25,26,28)/b22-14+. The van der Waals surface area contributed by atoms with Crippen LogP contribution in [0.4, 0.5) is 11.4 Å². The maximum atomic E-state index is 12.7. The fraction of sp³-hybridized carbons (Fsp3) is 0.0833. The fourth-order valence-electron chi connectivity index (χ4n) is 3.16. The van der Waals surface area contributed by atoms with Crippen LogP contribution in [0, 0.1) is 24.0 Å². The molecule has 0 radical (unpaired) electrons. The lowest BCUT2D eigenvalue weighted by Crippen LogP contribution is -2.19. The van der Waals surface area contributed by atoms with Crippen molar-refractivity contribution in [3.63, 3.8) is 0 Å². The zero-order chi connectivity index (χ0) is 25.2. The summed E-state index contributed by atoms with van der Waals surface area (Å²) in [6, 6.07) is 17.0. The van der Waals surface area contributed by atoms with Gasteiger partial charge in [0.05, 0.1) is 15.5 Å². The Balaban J connectivity index is 1.59. The fourth-order valence-corrected chi connectivity index (χ4v) is 4.94. The number of amidine groups is 1. The summed E-state index contributed by atoms with van der Waals surface area (Å²) in [6.45, 7) is 3.54. The van der Waals surface area contributed by atoms with Gasteiger partial charge < -0.3 is 9.50 Å². The monoisotopic (exact) mass is 509 g/mol. The zero-order valence-electron chi connectivity index (χ0n) is 18.6. The van der Waals surface area contributed by atoms with E-state index in [1.807, 2.05) is 6.92 Å². The minimum Gasteiger partial charge on any atom is -0.378 e. The van der Waals surface area contributed by atoms with E-state index in [1.54, 1.807) is 37.3 Å². The number of nitrogens with zero attached hydrogens (tertiary/aromatic N) is 2. The van der Waals surface area contributed by atoms with Crippen molar-refractivity contribution in [3.8, 4) is 5.75 Å². The number of nitrogens with one attached hydrogen (secondary N) is 1. The van der Waals surface area contributed by atoms with Crippen molar-refractivity contribution in [2.45, 2.75) is 18.7 Å².